The van der Waals surface area contributed by atoms with Gasteiger partial charge in [-0.15, -0.1) is 0 Å². The second-order valence-electron chi connectivity index (χ2n) is 6.09. The minimum atomic E-state index is 0.315. The Morgan fingerprint density at radius 1 is 1.00 bits per heavy atom. The van der Waals surface area contributed by atoms with Crippen LogP contribution in [0.1, 0.15) is 65.2 Å². The Morgan fingerprint density at radius 2 is 1.77 bits per heavy atom. The van der Waals surface area contributed by atoms with Crippen LogP contribution in [-0.2, 0) is 14.3 Å². The predicted octanol–water partition coefficient (Wildman–Crippen LogP) is 4.48. The van der Waals surface area contributed by atoms with E-state index in [1.807, 2.05) is 11.8 Å². The molecule has 0 amide bonds. The quantitative estimate of drug-likeness (QED) is 0.440. The maximum absolute atomic E-state index is 12.0. The second-order valence-corrected chi connectivity index (χ2v) is 7.44. The Balaban J connectivity index is 2.06. The molecule has 0 N–H and O–H groups in total. The minimum Gasteiger partial charge on any atom is -0.379 e. The molecule has 2 atom stereocenters. The average molecular weight is 331 g/mol. The molecule has 3 nitrogen and oxygen atoms in total. The Hall–Kier alpha value is -0.0600. The van der Waals surface area contributed by atoms with Gasteiger partial charge in [-0.2, -0.15) is 11.8 Å². The van der Waals surface area contributed by atoms with Crippen LogP contribution in [0.25, 0.3) is 0 Å². The summed E-state index contributed by atoms with van der Waals surface area (Å²) >= 11 is 1.94. The van der Waals surface area contributed by atoms with Crippen molar-refractivity contribution in [3.8, 4) is 0 Å². The normalized spacial score (nSPS) is 21.6. The summed E-state index contributed by atoms with van der Waals surface area (Å²) in [5.74, 6) is 1.81. The lowest BCUT2D eigenvalue weighted by Gasteiger charge is -2.18. The summed E-state index contributed by atoms with van der Waals surface area (Å²) in [5.41, 5.74) is 0. The molecule has 130 valence electrons. The van der Waals surface area contributed by atoms with Crippen molar-refractivity contribution in [2.75, 3.05) is 32.2 Å². The Bertz CT molecular complexity index is 284. The van der Waals surface area contributed by atoms with Crippen molar-refractivity contribution in [1.82, 2.24) is 0 Å². The molecule has 1 aliphatic rings. The van der Waals surface area contributed by atoms with E-state index in [9.17, 15) is 4.79 Å². The largest absolute Gasteiger partial charge is 0.379 e. The minimum absolute atomic E-state index is 0.315. The molecule has 0 saturated heterocycles. The maximum Gasteiger partial charge on any atom is 0.137 e. The number of carbonyl (C=O) groups is 1. The van der Waals surface area contributed by atoms with Gasteiger partial charge < -0.3 is 9.47 Å². The fraction of sp³-hybridized carbons (Fsp3) is 0.944. The lowest BCUT2D eigenvalue weighted by molar-refractivity contribution is -0.120. The molecule has 4 heteroatoms. The number of rotatable bonds is 14. The zero-order valence-corrected chi connectivity index (χ0v) is 15.3. The standard InChI is InChI=1S/C18H34O3S/c1-3-5-6-7-8-16-17(19)9-10-18(16)22-15-14-21-13-12-20-11-4-2/h16,18H,3-15H2,1-2H3. The Morgan fingerprint density at radius 3 is 2.50 bits per heavy atom. The van der Waals surface area contributed by atoms with E-state index in [2.05, 4.69) is 13.8 Å². The van der Waals surface area contributed by atoms with E-state index < -0.39 is 0 Å². The van der Waals surface area contributed by atoms with Gasteiger partial charge in [-0.3, -0.25) is 4.79 Å². The van der Waals surface area contributed by atoms with E-state index in [-0.39, 0.29) is 0 Å². The van der Waals surface area contributed by atoms with Crippen LogP contribution >= 0.6 is 11.8 Å². The molecule has 1 saturated carbocycles. The molecule has 0 heterocycles. The third-order valence-corrected chi connectivity index (χ3v) is 5.58. The summed E-state index contributed by atoms with van der Waals surface area (Å²) in [4.78, 5) is 12.0. The molecule has 0 spiro atoms. The highest BCUT2D eigenvalue weighted by Crippen LogP contribution is 2.35. The van der Waals surface area contributed by atoms with Crippen LogP contribution in [-0.4, -0.2) is 43.2 Å². The van der Waals surface area contributed by atoms with Gasteiger partial charge in [0.25, 0.3) is 0 Å². The van der Waals surface area contributed by atoms with E-state index >= 15 is 0 Å². The first-order valence-corrected chi connectivity index (χ1v) is 10.1. The van der Waals surface area contributed by atoms with Crippen molar-refractivity contribution in [3.05, 3.63) is 0 Å². The van der Waals surface area contributed by atoms with Gasteiger partial charge in [0.2, 0.25) is 0 Å². The highest BCUT2D eigenvalue weighted by Gasteiger charge is 2.33. The molecule has 1 aliphatic carbocycles. The number of Topliss-reactive ketones (excluding diaryl/α,β-unsaturated/α-hetero) is 1. The number of hydrogen-bond donors (Lipinski definition) is 0. The SMILES string of the molecule is CCCCCCC1C(=O)CCC1SCCOCCOCCC. The summed E-state index contributed by atoms with van der Waals surface area (Å²) in [6.45, 7) is 7.31. The number of hydrogen-bond acceptors (Lipinski definition) is 4. The van der Waals surface area contributed by atoms with Gasteiger partial charge in [-0.05, 0) is 19.3 Å². The lowest BCUT2D eigenvalue weighted by Crippen LogP contribution is -2.18. The van der Waals surface area contributed by atoms with Crippen LogP contribution in [0.15, 0.2) is 0 Å². The van der Waals surface area contributed by atoms with Crippen molar-refractivity contribution in [3.63, 3.8) is 0 Å². The van der Waals surface area contributed by atoms with Crippen molar-refractivity contribution < 1.29 is 14.3 Å². The van der Waals surface area contributed by atoms with Crippen LogP contribution in [0.2, 0.25) is 0 Å². The molecule has 0 aromatic heterocycles. The molecular weight excluding hydrogens is 296 g/mol. The Kier molecular flexibility index (Phi) is 12.2. The molecular formula is C18H34O3S. The van der Waals surface area contributed by atoms with Gasteiger partial charge in [0.15, 0.2) is 0 Å². The Labute approximate surface area is 140 Å². The topological polar surface area (TPSA) is 35.5 Å². The molecule has 0 aliphatic heterocycles. The summed E-state index contributed by atoms with van der Waals surface area (Å²) in [7, 11) is 0. The van der Waals surface area contributed by atoms with Crippen LogP contribution in [0.5, 0.6) is 0 Å². The smallest absolute Gasteiger partial charge is 0.137 e. The molecule has 1 rings (SSSR count). The predicted molar refractivity (Wildman–Crippen MR) is 94.7 cm³/mol. The van der Waals surface area contributed by atoms with E-state index in [0.29, 0.717) is 30.2 Å². The van der Waals surface area contributed by atoms with Gasteiger partial charge in [0, 0.05) is 29.9 Å². The molecule has 0 radical (unpaired) electrons. The molecule has 1 fully saturated rings. The van der Waals surface area contributed by atoms with Crippen LogP contribution in [0.4, 0.5) is 0 Å². The first kappa shape index (κ1) is 20.0. The monoisotopic (exact) mass is 330 g/mol. The zero-order chi connectivity index (χ0) is 16.0. The molecule has 2 unspecified atom stereocenters. The maximum atomic E-state index is 12.0. The lowest BCUT2D eigenvalue weighted by atomic mass is 9.98. The van der Waals surface area contributed by atoms with Crippen molar-refractivity contribution in [1.29, 1.82) is 0 Å². The average Bonchev–Trinajstić information content (AvgIpc) is 2.87. The summed E-state index contributed by atoms with van der Waals surface area (Å²) in [6.07, 6.45) is 9.07. The van der Waals surface area contributed by atoms with E-state index in [4.69, 9.17) is 9.47 Å². The van der Waals surface area contributed by atoms with E-state index in [0.717, 1.165) is 44.6 Å². The fourth-order valence-electron chi connectivity index (χ4n) is 2.94. The zero-order valence-electron chi connectivity index (χ0n) is 14.5. The van der Waals surface area contributed by atoms with Gasteiger partial charge in [0.05, 0.1) is 19.8 Å². The van der Waals surface area contributed by atoms with Crippen LogP contribution in [0, 0.1) is 5.92 Å². The van der Waals surface area contributed by atoms with Crippen LogP contribution in [0.3, 0.4) is 0 Å². The summed E-state index contributed by atoms with van der Waals surface area (Å²) < 4.78 is 11.0. The van der Waals surface area contributed by atoms with E-state index in [1.54, 1.807) is 0 Å². The first-order chi connectivity index (χ1) is 10.8. The van der Waals surface area contributed by atoms with Crippen LogP contribution < -0.4 is 0 Å². The number of unbranched alkanes of at least 4 members (excludes halogenated alkanes) is 3. The van der Waals surface area contributed by atoms with Crippen molar-refractivity contribution in [2.45, 2.75) is 70.5 Å². The second kappa shape index (κ2) is 13.4. The fourth-order valence-corrected chi connectivity index (χ4v) is 4.26. The molecule has 0 aromatic carbocycles. The first-order valence-electron chi connectivity index (χ1n) is 9.09. The summed E-state index contributed by atoms with van der Waals surface area (Å²) in [6, 6.07) is 0. The molecule has 22 heavy (non-hydrogen) atoms. The third-order valence-electron chi connectivity index (χ3n) is 4.19. The number of ether oxygens (including phenoxy) is 2. The van der Waals surface area contributed by atoms with Gasteiger partial charge >= 0.3 is 0 Å². The number of carbonyl (C=O) groups excluding carboxylic acids is 1. The third kappa shape index (κ3) is 8.54. The van der Waals surface area contributed by atoms with Gasteiger partial charge in [-0.25, -0.2) is 0 Å². The number of ketones is 1. The molecule has 0 bridgehead atoms. The van der Waals surface area contributed by atoms with Crippen molar-refractivity contribution >= 4 is 17.5 Å². The van der Waals surface area contributed by atoms with Crippen molar-refractivity contribution in [2.24, 2.45) is 5.92 Å². The number of thioether (sulfide) groups is 1. The van der Waals surface area contributed by atoms with Gasteiger partial charge in [-0.1, -0.05) is 39.5 Å². The van der Waals surface area contributed by atoms with Gasteiger partial charge in [0.1, 0.15) is 5.78 Å². The van der Waals surface area contributed by atoms with E-state index in [1.165, 1.54) is 25.7 Å². The summed E-state index contributed by atoms with van der Waals surface area (Å²) in [5, 5.41) is 0.536. The molecule has 0 aromatic rings. The highest BCUT2D eigenvalue weighted by molar-refractivity contribution is 8.00. The highest BCUT2D eigenvalue weighted by atomic mass is 32.2.